The fourth-order valence-corrected chi connectivity index (χ4v) is 1.29. The first-order chi connectivity index (χ1) is 5.55. The van der Waals surface area contributed by atoms with Gasteiger partial charge in [-0.05, 0) is 11.8 Å². The maximum absolute atomic E-state index is 4.97. The van der Waals surface area contributed by atoms with Crippen LogP contribution >= 0.6 is 0 Å². The van der Waals surface area contributed by atoms with Crippen LogP contribution in [0.5, 0.6) is 0 Å². The third kappa shape index (κ3) is 1.87. The molecule has 68 valence electrons. The molecule has 0 fully saturated rings. The molecular formula is C10H17NO. The molecule has 1 rings (SSSR count). The van der Waals surface area contributed by atoms with Crippen molar-refractivity contribution in [3.05, 3.63) is 17.5 Å². The molecule has 0 aromatic carbocycles. The van der Waals surface area contributed by atoms with E-state index >= 15 is 0 Å². The monoisotopic (exact) mass is 167 g/mol. The first kappa shape index (κ1) is 9.30. The molecule has 0 bridgehead atoms. The largest absolute Gasteiger partial charge is 0.364 e. The van der Waals surface area contributed by atoms with Gasteiger partial charge in [-0.15, -0.1) is 0 Å². The van der Waals surface area contributed by atoms with Crippen LogP contribution in [0.4, 0.5) is 0 Å². The molecule has 1 heterocycles. The Morgan fingerprint density at radius 2 is 2.08 bits per heavy atom. The summed E-state index contributed by atoms with van der Waals surface area (Å²) in [5, 5.41) is 4.00. The van der Waals surface area contributed by atoms with E-state index in [-0.39, 0.29) is 5.41 Å². The summed E-state index contributed by atoms with van der Waals surface area (Å²) in [4.78, 5) is 0. The summed E-state index contributed by atoms with van der Waals surface area (Å²) >= 11 is 0. The van der Waals surface area contributed by atoms with Crippen molar-refractivity contribution in [2.75, 3.05) is 0 Å². The van der Waals surface area contributed by atoms with E-state index in [1.165, 1.54) is 5.56 Å². The van der Waals surface area contributed by atoms with E-state index < -0.39 is 0 Å². The summed E-state index contributed by atoms with van der Waals surface area (Å²) in [6, 6.07) is 0. The zero-order chi connectivity index (χ0) is 9.19. The smallest absolute Gasteiger partial charge is 0.127 e. The van der Waals surface area contributed by atoms with Crippen molar-refractivity contribution in [2.24, 2.45) is 0 Å². The van der Waals surface area contributed by atoms with Gasteiger partial charge in [0.05, 0.1) is 5.69 Å². The van der Waals surface area contributed by atoms with Crippen molar-refractivity contribution >= 4 is 0 Å². The molecule has 1 aromatic heterocycles. The van der Waals surface area contributed by atoms with Crippen LogP contribution in [0.2, 0.25) is 0 Å². The summed E-state index contributed by atoms with van der Waals surface area (Å²) in [6.45, 7) is 8.69. The van der Waals surface area contributed by atoms with E-state index in [0.717, 1.165) is 18.5 Å². The maximum atomic E-state index is 4.97. The van der Waals surface area contributed by atoms with E-state index in [2.05, 4.69) is 32.9 Å². The van der Waals surface area contributed by atoms with Crippen molar-refractivity contribution in [3.8, 4) is 0 Å². The standard InChI is InChI=1S/C10H17NO/c1-5-6-9-8(7-12-11-9)10(2,3)4/h7H,5-6H2,1-4H3. The van der Waals surface area contributed by atoms with Gasteiger partial charge in [0, 0.05) is 5.56 Å². The topological polar surface area (TPSA) is 26.0 Å². The SMILES string of the molecule is CCCc1nocc1C(C)(C)C. The summed E-state index contributed by atoms with van der Waals surface area (Å²) < 4.78 is 4.97. The average molecular weight is 167 g/mol. The molecule has 0 saturated heterocycles. The predicted molar refractivity (Wildman–Crippen MR) is 49.2 cm³/mol. The van der Waals surface area contributed by atoms with Crippen LogP contribution in [0.1, 0.15) is 45.4 Å². The summed E-state index contributed by atoms with van der Waals surface area (Å²) in [5.41, 5.74) is 2.51. The van der Waals surface area contributed by atoms with Gasteiger partial charge in [0.15, 0.2) is 0 Å². The second kappa shape index (κ2) is 3.30. The van der Waals surface area contributed by atoms with Gasteiger partial charge in [-0.1, -0.05) is 39.3 Å². The number of nitrogens with zero attached hydrogens (tertiary/aromatic N) is 1. The average Bonchev–Trinajstić information content (AvgIpc) is 2.34. The van der Waals surface area contributed by atoms with E-state index in [1.807, 2.05) is 0 Å². The zero-order valence-electron chi connectivity index (χ0n) is 8.35. The third-order valence-corrected chi connectivity index (χ3v) is 1.94. The number of aromatic nitrogens is 1. The van der Waals surface area contributed by atoms with Gasteiger partial charge < -0.3 is 4.52 Å². The Balaban J connectivity index is 2.91. The first-order valence-electron chi connectivity index (χ1n) is 4.49. The molecule has 0 N–H and O–H groups in total. The van der Waals surface area contributed by atoms with Gasteiger partial charge in [-0.3, -0.25) is 0 Å². The summed E-state index contributed by atoms with van der Waals surface area (Å²) in [7, 11) is 0. The summed E-state index contributed by atoms with van der Waals surface area (Å²) in [6.07, 6.45) is 3.91. The van der Waals surface area contributed by atoms with Gasteiger partial charge >= 0.3 is 0 Å². The van der Waals surface area contributed by atoms with E-state index in [9.17, 15) is 0 Å². The molecule has 0 atom stereocenters. The minimum atomic E-state index is 0.157. The van der Waals surface area contributed by atoms with Crippen LogP contribution in [-0.4, -0.2) is 5.16 Å². The van der Waals surface area contributed by atoms with Crippen LogP contribution in [0, 0.1) is 0 Å². The van der Waals surface area contributed by atoms with E-state index in [4.69, 9.17) is 4.52 Å². The molecule has 0 aliphatic heterocycles. The molecule has 0 unspecified atom stereocenters. The molecule has 2 heteroatoms. The quantitative estimate of drug-likeness (QED) is 0.677. The van der Waals surface area contributed by atoms with Crippen molar-refractivity contribution < 1.29 is 4.52 Å². The fourth-order valence-electron chi connectivity index (χ4n) is 1.29. The van der Waals surface area contributed by atoms with Gasteiger partial charge in [-0.25, -0.2) is 0 Å². The predicted octanol–water partition coefficient (Wildman–Crippen LogP) is 2.92. The lowest BCUT2D eigenvalue weighted by molar-refractivity contribution is 0.409. The van der Waals surface area contributed by atoms with E-state index in [0.29, 0.717) is 0 Å². The van der Waals surface area contributed by atoms with Crippen LogP contribution in [0.25, 0.3) is 0 Å². The molecule has 1 aromatic rings. The molecule has 2 nitrogen and oxygen atoms in total. The Morgan fingerprint density at radius 3 is 2.58 bits per heavy atom. The highest BCUT2D eigenvalue weighted by atomic mass is 16.5. The van der Waals surface area contributed by atoms with Crippen LogP contribution in [-0.2, 0) is 11.8 Å². The lowest BCUT2D eigenvalue weighted by Crippen LogP contribution is -2.12. The second-order valence-electron chi connectivity index (χ2n) is 4.17. The number of hydrogen-bond acceptors (Lipinski definition) is 2. The molecule has 0 aliphatic carbocycles. The van der Waals surface area contributed by atoms with Crippen molar-refractivity contribution in [1.82, 2.24) is 5.16 Å². The minimum absolute atomic E-state index is 0.157. The van der Waals surface area contributed by atoms with Gasteiger partial charge in [-0.2, -0.15) is 0 Å². The lowest BCUT2D eigenvalue weighted by Gasteiger charge is -2.16. The molecule has 0 spiro atoms. The number of rotatable bonds is 2. The minimum Gasteiger partial charge on any atom is -0.364 e. The molecule has 0 amide bonds. The fraction of sp³-hybridized carbons (Fsp3) is 0.700. The highest BCUT2D eigenvalue weighted by Gasteiger charge is 2.20. The number of hydrogen-bond donors (Lipinski definition) is 0. The van der Waals surface area contributed by atoms with Crippen molar-refractivity contribution in [3.63, 3.8) is 0 Å². The Hall–Kier alpha value is -0.790. The van der Waals surface area contributed by atoms with Gasteiger partial charge in [0.25, 0.3) is 0 Å². The Kier molecular flexibility index (Phi) is 2.55. The molecule has 12 heavy (non-hydrogen) atoms. The maximum Gasteiger partial charge on any atom is 0.127 e. The Morgan fingerprint density at radius 1 is 1.42 bits per heavy atom. The second-order valence-corrected chi connectivity index (χ2v) is 4.17. The zero-order valence-corrected chi connectivity index (χ0v) is 8.35. The third-order valence-electron chi connectivity index (χ3n) is 1.94. The van der Waals surface area contributed by atoms with Crippen molar-refractivity contribution in [1.29, 1.82) is 0 Å². The van der Waals surface area contributed by atoms with E-state index in [1.54, 1.807) is 6.26 Å². The van der Waals surface area contributed by atoms with Crippen molar-refractivity contribution in [2.45, 2.75) is 46.0 Å². The normalized spacial score (nSPS) is 12.0. The lowest BCUT2D eigenvalue weighted by atomic mass is 9.86. The van der Waals surface area contributed by atoms with Crippen LogP contribution in [0.15, 0.2) is 10.8 Å². The molecule has 0 radical (unpaired) electrons. The van der Waals surface area contributed by atoms with Crippen LogP contribution in [0.3, 0.4) is 0 Å². The summed E-state index contributed by atoms with van der Waals surface area (Å²) in [5.74, 6) is 0. The molecular weight excluding hydrogens is 150 g/mol. The van der Waals surface area contributed by atoms with Gasteiger partial charge in [0.2, 0.25) is 0 Å². The van der Waals surface area contributed by atoms with Gasteiger partial charge in [0.1, 0.15) is 6.26 Å². The molecule has 0 aliphatic rings. The Bertz CT molecular complexity index is 245. The Labute approximate surface area is 74.0 Å². The highest BCUT2D eigenvalue weighted by molar-refractivity contribution is 5.23. The van der Waals surface area contributed by atoms with Crippen LogP contribution < -0.4 is 0 Å². The number of aryl methyl sites for hydroxylation is 1. The highest BCUT2D eigenvalue weighted by Crippen LogP contribution is 2.25. The molecule has 0 saturated carbocycles. The first-order valence-corrected chi connectivity index (χ1v) is 4.49.